The number of benzene rings is 2. The van der Waals surface area contributed by atoms with Crippen LogP contribution in [0.4, 0.5) is 15.6 Å². The van der Waals surface area contributed by atoms with Gasteiger partial charge in [0.2, 0.25) is 0 Å². The van der Waals surface area contributed by atoms with Crippen molar-refractivity contribution in [1.82, 2.24) is 4.98 Å². The van der Waals surface area contributed by atoms with Gasteiger partial charge in [-0.25, -0.2) is 9.78 Å². The van der Waals surface area contributed by atoms with Crippen LogP contribution in [0.25, 0.3) is 0 Å². The number of anilines is 2. The molecule has 0 spiro atoms. The zero-order chi connectivity index (χ0) is 20.5. The fraction of sp³-hybridized carbons (Fsp3) is 0.304. The van der Waals surface area contributed by atoms with Crippen LogP contribution in [0.5, 0.6) is 0 Å². The number of ether oxygens (including phenoxy) is 1. The van der Waals surface area contributed by atoms with E-state index in [4.69, 9.17) is 9.72 Å². The minimum atomic E-state index is -0.252. The smallest absolute Gasteiger partial charge is 0.414 e. The lowest BCUT2D eigenvalue weighted by atomic mass is 9.99. The molecule has 0 atom stereocenters. The van der Waals surface area contributed by atoms with E-state index in [9.17, 15) is 4.79 Å². The van der Waals surface area contributed by atoms with Gasteiger partial charge in [0.15, 0.2) is 5.13 Å². The number of amides is 1. The maximum atomic E-state index is 11.9. The van der Waals surface area contributed by atoms with E-state index in [1.165, 1.54) is 26.5 Å². The Hall–Kier alpha value is -2.51. The molecule has 0 bridgehead atoms. The summed E-state index contributed by atoms with van der Waals surface area (Å²) in [5.41, 5.74) is 4.87. The second-order valence-electron chi connectivity index (χ2n) is 7.53. The average molecular weight is 438 g/mol. The summed E-state index contributed by atoms with van der Waals surface area (Å²) in [7, 11) is 0. The van der Waals surface area contributed by atoms with Crippen molar-refractivity contribution in [2.45, 2.75) is 24.3 Å². The van der Waals surface area contributed by atoms with Gasteiger partial charge in [0.1, 0.15) is 6.61 Å². The molecule has 0 saturated carbocycles. The van der Waals surface area contributed by atoms with Gasteiger partial charge in [0, 0.05) is 41.2 Å². The first kappa shape index (κ1) is 19.5. The van der Waals surface area contributed by atoms with Crippen LogP contribution < -0.4 is 9.80 Å². The van der Waals surface area contributed by atoms with Crippen LogP contribution in [0, 0.1) is 0 Å². The van der Waals surface area contributed by atoms with E-state index in [0.717, 1.165) is 36.8 Å². The number of cyclic esters (lactones) is 1. The van der Waals surface area contributed by atoms with Crippen LogP contribution in [0.1, 0.15) is 21.6 Å². The highest BCUT2D eigenvalue weighted by molar-refractivity contribution is 7.98. The number of nitrogens with zero attached hydrogens (tertiary/aromatic N) is 3. The lowest BCUT2D eigenvalue weighted by molar-refractivity contribution is 0.181. The molecule has 0 unspecified atom stereocenters. The van der Waals surface area contributed by atoms with Gasteiger partial charge in [0.05, 0.1) is 6.54 Å². The standard InChI is InChI=1S/C23H23N3O2S2/c1-29-20-4-2-3-16(11-20)12-21-14-24-22(30-21)25-8-7-17-5-6-19(13-18(17)15-25)26-9-10-28-23(26)27/h2-6,11,13-14H,7-10,12,15H2,1H3. The van der Waals surface area contributed by atoms with E-state index in [2.05, 4.69) is 47.6 Å². The fourth-order valence-corrected chi connectivity index (χ4v) is 5.46. The minimum Gasteiger partial charge on any atom is -0.447 e. The Bertz CT molecular complexity index is 1080. The van der Waals surface area contributed by atoms with Gasteiger partial charge in [-0.15, -0.1) is 23.1 Å². The van der Waals surface area contributed by atoms with E-state index in [1.807, 2.05) is 12.3 Å². The molecule has 30 heavy (non-hydrogen) atoms. The van der Waals surface area contributed by atoms with Crippen molar-refractivity contribution in [3.8, 4) is 0 Å². The summed E-state index contributed by atoms with van der Waals surface area (Å²) >= 11 is 3.55. The minimum absolute atomic E-state index is 0.252. The predicted octanol–water partition coefficient (Wildman–Crippen LogP) is 4.98. The number of thioether (sulfide) groups is 1. The van der Waals surface area contributed by atoms with Crippen molar-refractivity contribution in [1.29, 1.82) is 0 Å². The first-order valence-corrected chi connectivity index (χ1v) is 12.1. The Kier molecular flexibility index (Phi) is 5.39. The highest BCUT2D eigenvalue weighted by Crippen LogP contribution is 2.32. The van der Waals surface area contributed by atoms with Gasteiger partial charge in [-0.05, 0) is 53.6 Å². The maximum Gasteiger partial charge on any atom is 0.414 e. The first-order chi connectivity index (χ1) is 14.7. The molecule has 5 nitrogen and oxygen atoms in total. The van der Waals surface area contributed by atoms with Crippen molar-refractivity contribution in [3.05, 3.63) is 70.2 Å². The molecule has 3 heterocycles. The normalized spacial score (nSPS) is 16.0. The summed E-state index contributed by atoms with van der Waals surface area (Å²) in [6.45, 7) is 2.87. The van der Waals surface area contributed by atoms with Crippen LogP contribution >= 0.6 is 23.1 Å². The van der Waals surface area contributed by atoms with Gasteiger partial charge >= 0.3 is 6.09 Å². The summed E-state index contributed by atoms with van der Waals surface area (Å²) in [4.78, 5) is 23.3. The number of carbonyl (C=O) groups is 1. The third-order valence-electron chi connectivity index (χ3n) is 5.60. The summed E-state index contributed by atoms with van der Waals surface area (Å²) in [6.07, 6.45) is 5.77. The van der Waals surface area contributed by atoms with Gasteiger partial charge in [0.25, 0.3) is 0 Å². The van der Waals surface area contributed by atoms with E-state index in [0.29, 0.717) is 13.2 Å². The molecule has 5 rings (SSSR count). The molecule has 1 saturated heterocycles. The number of hydrogen-bond acceptors (Lipinski definition) is 6. The SMILES string of the molecule is CSc1cccc(Cc2cnc(N3CCc4ccc(N5CCOC5=O)cc4C3)s2)c1. The highest BCUT2D eigenvalue weighted by Gasteiger charge is 2.26. The quantitative estimate of drug-likeness (QED) is 0.527. The van der Waals surface area contributed by atoms with Crippen molar-refractivity contribution < 1.29 is 9.53 Å². The van der Waals surface area contributed by atoms with Gasteiger partial charge in [-0.1, -0.05) is 18.2 Å². The Labute approximate surface area is 184 Å². The number of rotatable bonds is 5. The third kappa shape index (κ3) is 3.91. The molecule has 0 radical (unpaired) electrons. The van der Waals surface area contributed by atoms with E-state index < -0.39 is 0 Å². The molecule has 7 heteroatoms. The second-order valence-corrected chi connectivity index (χ2v) is 9.50. The zero-order valence-electron chi connectivity index (χ0n) is 16.8. The van der Waals surface area contributed by atoms with E-state index in [1.54, 1.807) is 28.0 Å². The largest absolute Gasteiger partial charge is 0.447 e. The lowest BCUT2D eigenvalue weighted by Gasteiger charge is -2.29. The molecular weight excluding hydrogens is 414 g/mol. The molecule has 1 amide bonds. The third-order valence-corrected chi connectivity index (χ3v) is 7.38. The lowest BCUT2D eigenvalue weighted by Crippen LogP contribution is -2.31. The van der Waals surface area contributed by atoms with Crippen LogP contribution in [-0.4, -0.2) is 37.0 Å². The van der Waals surface area contributed by atoms with Gasteiger partial charge in [-0.2, -0.15) is 0 Å². The molecule has 1 aromatic heterocycles. The van der Waals surface area contributed by atoms with E-state index >= 15 is 0 Å². The van der Waals surface area contributed by atoms with Crippen molar-refractivity contribution >= 4 is 40.0 Å². The summed E-state index contributed by atoms with van der Waals surface area (Å²) < 4.78 is 5.09. The Morgan fingerprint density at radius 2 is 2.10 bits per heavy atom. The fourth-order valence-electron chi connectivity index (χ4n) is 4.01. The second kappa shape index (κ2) is 8.32. The summed E-state index contributed by atoms with van der Waals surface area (Å²) in [5, 5.41) is 1.07. The summed E-state index contributed by atoms with van der Waals surface area (Å²) in [6, 6.07) is 15.0. The van der Waals surface area contributed by atoms with Crippen molar-refractivity contribution in [3.63, 3.8) is 0 Å². The van der Waals surface area contributed by atoms with Crippen LogP contribution in [-0.2, 0) is 24.1 Å². The number of thiazole rings is 1. The maximum absolute atomic E-state index is 11.9. The molecule has 3 aromatic rings. The molecule has 2 aliphatic rings. The number of hydrogen-bond donors (Lipinski definition) is 0. The predicted molar refractivity (Wildman–Crippen MR) is 123 cm³/mol. The molecule has 2 aromatic carbocycles. The topological polar surface area (TPSA) is 45.7 Å². The van der Waals surface area contributed by atoms with Crippen LogP contribution in [0.15, 0.2) is 53.6 Å². The number of carbonyl (C=O) groups excluding carboxylic acids is 1. The average Bonchev–Trinajstić information content (AvgIpc) is 3.42. The van der Waals surface area contributed by atoms with Crippen LogP contribution in [0.2, 0.25) is 0 Å². The highest BCUT2D eigenvalue weighted by atomic mass is 32.2. The summed E-state index contributed by atoms with van der Waals surface area (Å²) in [5.74, 6) is 0. The van der Waals surface area contributed by atoms with Crippen molar-refractivity contribution in [2.75, 3.05) is 35.8 Å². The molecule has 2 aliphatic heterocycles. The van der Waals surface area contributed by atoms with Crippen molar-refractivity contribution in [2.24, 2.45) is 0 Å². The number of fused-ring (bicyclic) bond motifs is 1. The first-order valence-electron chi connectivity index (χ1n) is 10.1. The monoisotopic (exact) mass is 437 g/mol. The Balaban J connectivity index is 1.32. The van der Waals surface area contributed by atoms with Crippen LogP contribution in [0.3, 0.4) is 0 Å². The molecule has 0 aliphatic carbocycles. The Morgan fingerprint density at radius 3 is 2.93 bits per heavy atom. The zero-order valence-corrected chi connectivity index (χ0v) is 18.5. The molecular formula is C23H23N3O2S2. The van der Waals surface area contributed by atoms with E-state index in [-0.39, 0.29) is 6.09 Å². The van der Waals surface area contributed by atoms with Gasteiger partial charge < -0.3 is 9.64 Å². The molecule has 154 valence electrons. The number of aromatic nitrogens is 1. The molecule has 0 N–H and O–H groups in total. The Morgan fingerprint density at radius 1 is 1.17 bits per heavy atom. The molecule has 1 fully saturated rings. The van der Waals surface area contributed by atoms with Gasteiger partial charge in [-0.3, -0.25) is 4.90 Å².